The van der Waals surface area contributed by atoms with Gasteiger partial charge in [0.15, 0.2) is 11.5 Å². The van der Waals surface area contributed by atoms with Gasteiger partial charge < -0.3 is 9.47 Å². The van der Waals surface area contributed by atoms with Gasteiger partial charge >= 0.3 is 0 Å². The fraction of sp³-hybridized carbons (Fsp3) is 0.400. The van der Waals surface area contributed by atoms with Crippen LogP contribution in [-0.2, 0) is 10.0 Å². The third kappa shape index (κ3) is 5.17. The summed E-state index contributed by atoms with van der Waals surface area (Å²) in [4.78, 5) is 2.28. The van der Waals surface area contributed by atoms with Gasteiger partial charge in [-0.3, -0.25) is 4.90 Å². The molecular formula is C20H27ClN2O4S. The van der Waals surface area contributed by atoms with E-state index in [9.17, 15) is 8.42 Å². The van der Waals surface area contributed by atoms with Crippen LogP contribution in [0.1, 0.15) is 25.5 Å². The van der Waals surface area contributed by atoms with Gasteiger partial charge in [-0.2, -0.15) is 0 Å². The molecule has 6 nitrogen and oxygen atoms in total. The Bertz CT molecular complexity index is 886. The molecule has 2 aromatic rings. The summed E-state index contributed by atoms with van der Waals surface area (Å²) in [5.74, 6) is 0.829. The van der Waals surface area contributed by atoms with Gasteiger partial charge in [-0.05, 0) is 36.9 Å². The van der Waals surface area contributed by atoms with E-state index in [1.807, 2.05) is 38.1 Å². The topological polar surface area (TPSA) is 67.9 Å². The zero-order valence-electron chi connectivity index (χ0n) is 16.6. The van der Waals surface area contributed by atoms with Crippen molar-refractivity contribution in [2.45, 2.75) is 24.8 Å². The summed E-state index contributed by atoms with van der Waals surface area (Å²) >= 11 is 6.38. The molecule has 154 valence electrons. The standard InChI is InChI=1S/C20H27ClN2O4S/c1-5-23(6-2)18(16-9-7-8-10-17(16)21)14-22-28(24,25)15-11-12-19(26-3)20(13-15)27-4/h7-13,18,22H,5-6,14H2,1-4H3/t18-/m0/s1. The van der Waals surface area contributed by atoms with Gasteiger partial charge in [0.1, 0.15) is 0 Å². The average Bonchev–Trinajstić information content (AvgIpc) is 2.71. The van der Waals surface area contributed by atoms with Gasteiger partial charge in [-0.1, -0.05) is 43.6 Å². The largest absolute Gasteiger partial charge is 0.493 e. The van der Waals surface area contributed by atoms with Crippen LogP contribution in [0.2, 0.25) is 5.02 Å². The van der Waals surface area contributed by atoms with Crippen molar-refractivity contribution in [2.75, 3.05) is 33.9 Å². The first-order valence-corrected chi connectivity index (χ1v) is 10.9. The lowest BCUT2D eigenvalue weighted by Gasteiger charge is -2.30. The first-order valence-electron chi connectivity index (χ1n) is 9.08. The van der Waals surface area contributed by atoms with E-state index >= 15 is 0 Å². The molecule has 0 aliphatic rings. The highest BCUT2D eigenvalue weighted by atomic mass is 35.5. The van der Waals surface area contributed by atoms with Crippen LogP contribution >= 0.6 is 11.6 Å². The molecule has 28 heavy (non-hydrogen) atoms. The van der Waals surface area contributed by atoms with E-state index in [1.54, 1.807) is 6.07 Å². The Morgan fingerprint density at radius 2 is 1.68 bits per heavy atom. The fourth-order valence-corrected chi connectivity index (χ4v) is 4.42. The maximum atomic E-state index is 12.9. The van der Waals surface area contributed by atoms with Crippen molar-refractivity contribution < 1.29 is 17.9 Å². The summed E-state index contributed by atoms with van der Waals surface area (Å²) in [5, 5.41) is 0.615. The molecule has 1 atom stereocenters. The number of rotatable bonds is 10. The molecule has 0 bridgehead atoms. The predicted molar refractivity (Wildman–Crippen MR) is 112 cm³/mol. The van der Waals surface area contributed by atoms with Gasteiger partial charge in [-0.15, -0.1) is 0 Å². The van der Waals surface area contributed by atoms with Crippen molar-refractivity contribution in [2.24, 2.45) is 0 Å². The lowest BCUT2D eigenvalue weighted by Crippen LogP contribution is -2.38. The summed E-state index contributed by atoms with van der Waals surface area (Å²) in [6.45, 7) is 5.81. The monoisotopic (exact) mass is 426 g/mol. The molecule has 0 heterocycles. The van der Waals surface area contributed by atoms with Gasteiger partial charge in [0.25, 0.3) is 0 Å². The van der Waals surface area contributed by atoms with E-state index in [0.29, 0.717) is 16.5 Å². The van der Waals surface area contributed by atoms with Gasteiger partial charge in [-0.25, -0.2) is 13.1 Å². The second-order valence-corrected chi connectivity index (χ2v) is 8.30. The zero-order chi connectivity index (χ0) is 20.7. The number of sulfonamides is 1. The normalized spacial score (nSPS) is 12.8. The minimum atomic E-state index is -3.74. The van der Waals surface area contributed by atoms with Crippen molar-refractivity contribution in [3.63, 3.8) is 0 Å². The zero-order valence-corrected chi connectivity index (χ0v) is 18.2. The molecule has 0 saturated heterocycles. The Labute approximate surface area is 172 Å². The Morgan fingerprint density at radius 3 is 2.25 bits per heavy atom. The van der Waals surface area contributed by atoms with Crippen LogP contribution in [0.5, 0.6) is 11.5 Å². The van der Waals surface area contributed by atoms with Crippen molar-refractivity contribution in [1.82, 2.24) is 9.62 Å². The SMILES string of the molecule is CCN(CC)[C@@H](CNS(=O)(=O)c1ccc(OC)c(OC)c1)c1ccccc1Cl. The second kappa shape index (κ2) is 10.1. The molecule has 2 aromatic carbocycles. The number of halogens is 1. The number of nitrogens with one attached hydrogen (secondary N) is 1. The molecule has 0 aliphatic carbocycles. The lowest BCUT2D eigenvalue weighted by atomic mass is 10.1. The van der Waals surface area contributed by atoms with E-state index < -0.39 is 10.0 Å². The first-order chi connectivity index (χ1) is 13.4. The highest BCUT2D eigenvalue weighted by molar-refractivity contribution is 7.89. The van der Waals surface area contributed by atoms with Crippen LogP contribution in [0.4, 0.5) is 0 Å². The van der Waals surface area contributed by atoms with Crippen LogP contribution in [0, 0.1) is 0 Å². The predicted octanol–water partition coefficient (Wildman–Crippen LogP) is 3.72. The molecule has 0 aliphatic heterocycles. The van der Waals surface area contributed by atoms with Crippen LogP contribution in [0.3, 0.4) is 0 Å². The molecule has 2 rings (SSSR count). The molecule has 8 heteroatoms. The number of likely N-dealkylation sites (N-methyl/N-ethyl adjacent to an activating group) is 1. The smallest absolute Gasteiger partial charge is 0.240 e. The third-order valence-corrected chi connectivity index (χ3v) is 6.41. The van der Waals surface area contributed by atoms with E-state index in [-0.39, 0.29) is 17.5 Å². The second-order valence-electron chi connectivity index (χ2n) is 6.13. The number of benzene rings is 2. The molecule has 0 saturated carbocycles. The molecule has 0 amide bonds. The van der Waals surface area contributed by atoms with Crippen molar-refractivity contribution in [3.8, 4) is 11.5 Å². The van der Waals surface area contributed by atoms with Crippen LogP contribution in [0.25, 0.3) is 0 Å². The average molecular weight is 427 g/mol. The third-order valence-electron chi connectivity index (χ3n) is 4.65. The summed E-state index contributed by atoms with van der Waals surface area (Å²) in [6, 6.07) is 11.8. The number of methoxy groups -OCH3 is 2. The maximum absolute atomic E-state index is 12.9. The number of nitrogens with zero attached hydrogens (tertiary/aromatic N) is 1. The molecule has 0 unspecified atom stereocenters. The van der Waals surface area contributed by atoms with Crippen LogP contribution in [0.15, 0.2) is 47.4 Å². The van der Waals surface area contributed by atoms with E-state index in [2.05, 4.69) is 9.62 Å². The Kier molecular flexibility index (Phi) is 8.12. The Balaban J connectivity index is 2.30. The van der Waals surface area contributed by atoms with Gasteiger partial charge in [0.2, 0.25) is 10.0 Å². The lowest BCUT2D eigenvalue weighted by molar-refractivity contribution is 0.220. The van der Waals surface area contributed by atoms with Gasteiger partial charge in [0.05, 0.1) is 19.1 Å². The summed E-state index contributed by atoms with van der Waals surface area (Å²) in [7, 11) is -0.769. The summed E-state index contributed by atoms with van der Waals surface area (Å²) < 4.78 is 38.8. The van der Waals surface area contributed by atoms with E-state index in [0.717, 1.165) is 18.7 Å². The van der Waals surface area contributed by atoms with E-state index in [4.69, 9.17) is 21.1 Å². The number of hydrogen-bond acceptors (Lipinski definition) is 5. The highest BCUT2D eigenvalue weighted by Crippen LogP contribution is 2.30. The maximum Gasteiger partial charge on any atom is 0.240 e. The molecule has 0 aromatic heterocycles. The Hall–Kier alpha value is -1.80. The molecule has 0 fully saturated rings. The van der Waals surface area contributed by atoms with Crippen molar-refractivity contribution in [3.05, 3.63) is 53.1 Å². The minimum absolute atomic E-state index is 0.114. The fourth-order valence-electron chi connectivity index (χ4n) is 3.10. The minimum Gasteiger partial charge on any atom is -0.493 e. The molecule has 0 radical (unpaired) electrons. The highest BCUT2D eigenvalue weighted by Gasteiger charge is 2.24. The van der Waals surface area contributed by atoms with Gasteiger partial charge in [0, 0.05) is 23.7 Å². The first kappa shape index (κ1) is 22.5. The van der Waals surface area contributed by atoms with Crippen molar-refractivity contribution >= 4 is 21.6 Å². The number of ether oxygens (including phenoxy) is 2. The number of hydrogen-bond donors (Lipinski definition) is 1. The summed E-state index contributed by atoms with van der Waals surface area (Å²) in [6.07, 6.45) is 0. The van der Waals surface area contributed by atoms with Crippen molar-refractivity contribution in [1.29, 1.82) is 0 Å². The molecule has 0 spiro atoms. The van der Waals surface area contributed by atoms with E-state index in [1.165, 1.54) is 26.4 Å². The van der Waals surface area contributed by atoms with Crippen LogP contribution in [-0.4, -0.2) is 47.2 Å². The molecular weight excluding hydrogens is 400 g/mol. The van der Waals surface area contributed by atoms with Crippen LogP contribution < -0.4 is 14.2 Å². The molecule has 1 N–H and O–H groups in total. The summed E-state index contributed by atoms with van der Waals surface area (Å²) in [5.41, 5.74) is 0.892. The Morgan fingerprint density at radius 1 is 1.04 bits per heavy atom. The quantitative estimate of drug-likeness (QED) is 0.627.